The first-order valence-corrected chi connectivity index (χ1v) is 13.6. The van der Waals surface area contributed by atoms with Gasteiger partial charge in [0.05, 0.1) is 12.9 Å². The molecule has 2 aromatic heterocycles. The maximum Gasteiger partial charge on any atom is 0.587 e. The number of phosphoric ester groups is 1. The predicted molar refractivity (Wildman–Crippen MR) is 139 cm³/mol. The van der Waals surface area contributed by atoms with Crippen molar-refractivity contribution in [1.82, 2.24) is 19.5 Å². The standard InChI is InChI=1S/C25H25F3N5O7P/c1-13-3-7-15(8-4-13)39-41(36,40-16-9-5-14(2)6-10-16)37-11-25(23(27)28)19(34)17(26)22(38-25)33-12-30-18-20(33)31-24(29)32-21(18)35/h3-10,12,17,19,22-23,34H,11H2,1-2H3,(H3,29,31,32,35)/t17-,19+,22-,25-/m1/s1. The van der Waals surface area contributed by atoms with Gasteiger partial charge in [-0.05, 0) is 38.1 Å². The van der Waals surface area contributed by atoms with Crippen LogP contribution in [0.2, 0.25) is 0 Å². The number of aliphatic hydroxyl groups excluding tert-OH is 1. The van der Waals surface area contributed by atoms with Gasteiger partial charge in [0, 0.05) is 0 Å². The van der Waals surface area contributed by atoms with Crippen molar-refractivity contribution >= 4 is 24.9 Å². The van der Waals surface area contributed by atoms with E-state index in [1.54, 1.807) is 38.1 Å². The minimum atomic E-state index is -4.75. The Labute approximate surface area is 230 Å². The lowest BCUT2D eigenvalue weighted by molar-refractivity contribution is -0.192. The number of aromatic nitrogens is 4. The number of hydrogen-bond donors (Lipinski definition) is 3. The quantitative estimate of drug-likeness (QED) is 0.242. The number of aromatic amines is 1. The summed E-state index contributed by atoms with van der Waals surface area (Å²) in [7, 11) is -4.75. The molecule has 1 fully saturated rings. The van der Waals surface area contributed by atoms with Crippen molar-refractivity contribution in [1.29, 1.82) is 0 Å². The molecule has 3 heterocycles. The molecule has 1 aliphatic rings. The maximum absolute atomic E-state index is 15.4. The number of alkyl halides is 3. The maximum atomic E-state index is 15.4. The zero-order valence-corrected chi connectivity index (χ0v) is 22.5. The van der Waals surface area contributed by atoms with E-state index < -0.39 is 50.5 Å². The van der Waals surface area contributed by atoms with Crippen LogP contribution in [0.3, 0.4) is 0 Å². The summed E-state index contributed by atoms with van der Waals surface area (Å²) < 4.78 is 80.9. The lowest BCUT2D eigenvalue weighted by atomic mass is 9.97. The highest BCUT2D eigenvalue weighted by Crippen LogP contribution is 2.52. The average molecular weight is 595 g/mol. The fraction of sp³-hybridized carbons (Fsp3) is 0.320. The summed E-state index contributed by atoms with van der Waals surface area (Å²) in [5.41, 5.74) is 2.94. The Kier molecular flexibility index (Phi) is 7.55. The molecular weight excluding hydrogens is 570 g/mol. The number of nitrogen functional groups attached to an aromatic ring is 1. The molecule has 1 aliphatic heterocycles. The molecule has 0 amide bonds. The monoisotopic (exact) mass is 595 g/mol. The van der Waals surface area contributed by atoms with Gasteiger partial charge in [0.2, 0.25) is 5.95 Å². The third kappa shape index (κ3) is 5.53. The van der Waals surface area contributed by atoms with Crippen molar-refractivity contribution in [2.24, 2.45) is 0 Å². The van der Waals surface area contributed by atoms with Crippen molar-refractivity contribution in [3.05, 3.63) is 76.3 Å². The Morgan fingerprint density at radius 1 is 1.12 bits per heavy atom. The second kappa shape index (κ2) is 10.8. The molecule has 2 aromatic carbocycles. The number of H-pyrrole nitrogens is 1. The Hall–Kier alpha value is -3.91. The highest BCUT2D eigenvalue weighted by Gasteiger charge is 2.62. The van der Waals surface area contributed by atoms with E-state index >= 15 is 4.39 Å². The van der Waals surface area contributed by atoms with Crippen molar-refractivity contribution in [2.45, 2.75) is 44.4 Å². The summed E-state index contributed by atoms with van der Waals surface area (Å²) in [5.74, 6) is -0.279. The first kappa shape index (κ1) is 28.6. The van der Waals surface area contributed by atoms with E-state index in [1.807, 2.05) is 0 Å². The number of rotatable bonds is 9. The van der Waals surface area contributed by atoms with Crippen LogP contribution in [0.25, 0.3) is 11.2 Å². The van der Waals surface area contributed by atoms with Gasteiger partial charge in [0.15, 0.2) is 29.2 Å². The van der Waals surface area contributed by atoms with Crippen LogP contribution < -0.4 is 20.3 Å². The number of nitrogens with one attached hydrogen (secondary N) is 1. The normalized spacial score (nSPS) is 22.9. The van der Waals surface area contributed by atoms with Gasteiger partial charge in [0.1, 0.15) is 17.6 Å². The summed E-state index contributed by atoms with van der Waals surface area (Å²) in [5, 5.41) is 10.7. The number of nitrogens with zero attached hydrogens (tertiary/aromatic N) is 3. The number of aryl methyl sites for hydroxylation is 2. The third-order valence-corrected chi connectivity index (χ3v) is 7.75. The van der Waals surface area contributed by atoms with Crippen molar-refractivity contribution in [3.63, 3.8) is 0 Å². The lowest BCUT2D eigenvalue weighted by Crippen LogP contribution is -2.52. The Morgan fingerprint density at radius 2 is 1.68 bits per heavy atom. The Bertz CT molecular complexity index is 1600. The molecule has 0 unspecified atom stereocenters. The summed E-state index contributed by atoms with van der Waals surface area (Å²) in [6.07, 6.45) is -9.52. The topological polar surface area (TPSA) is 164 Å². The molecule has 4 atom stereocenters. The van der Waals surface area contributed by atoms with Crippen LogP contribution >= 0.6 is 7.82 Å². The summed E-state index contributed by atoms with van der Waals surface area (Å²) in [4.78, 5) is 22.0. The molecule has 16 heteroatoms. The first-order valence-electron chi connectivity index (χ1n) is 12.2. The molecule has 0 radical (unpaired) electrons. The second-order valence-electron chi connectivity index (χ2n) is 9.46. The predicted octanol–water partition coefficient (Wildman–Crippen LogP) is 3.83. The zero-order chi connectivity index (χ0) is 29.5. The van der Waals surface area contributed by atoms with E-state index in [4.69, 9.17) is 24.0 Å². The smallest absolute Gasteiger partial charge is 0.395 e. The number of aliphatic hydroxyl groups is 1. The first-order chi connectivity index (χ1) is 19.4. The van der Waals surface area contributed by atoms with E-state index in [-0.39, 0.29) is 28.6 Å². The number of imidazole rings is 1. The van der Waals surface area contributed by atoms with Gasteiger partial charge in [-0.2, -0.15) is 4.98 Å². The zero-order valence-electron chi connectivity index (χ0n) is 21.6. The number of halogens is 3. The van der Waals surface area contributed by atoms with Gasteiger partial charge in [-0.15, -0.1) is 0 Å². The van der Waals surface area contributed by atoms with Gasteiger partial charge in [-0.1, -0.05) is 35.4 Å². The molecule has 0 bridgehead atoms. The molecule has 0 spiro atoms. The number of hydrogen-bond acceptors (Lipinski definition) is 10. The van der Waals surface area contributed by atoms with E-state index in [0.29, 0.717) is 0 Å². The van der Waals surface area contributed by atoms with Crippen molar-refractivity contribution < 1.29 is 41.2 Å². The number of phosphoric acid groups is 1. The van der Waals surface area contributed by atoms with Gasteiger partial charge >= 0.3 is 7.82 Å². The summed E-state index contributed by atoms with van der Waals surface area (Å²) in [6.45, 7) is 2.29. The van der Waals surface area contributed by atoms with Crippen LogP contribution in [0.4, 0.5) is 19.1 Å². The fourth-order valence-corrected chi connectivity index (χ4v) is 5.46. The number of ether oxygens (including phenoxy) is 1. The fourth-order valence-electron chi connectivity index (χ4n) is 4.20. The average Bonchev–Trinajstić information content (AvgIpc) is 3.45. The van der Waals surface area contributed by atoms with Gasteiger partial charge < -0.3 is 24.6 Å². The molecule has 5 rings (SSSR count). The van der Waals surface area contributed by atoms with E-state index in [2.05, 4.69) is 15.0 Å². The van der Waals surface area contributed by atoms with Crippen LogP contribution in [0.15, 0.2) is 59.7 Å². The highest BCUT2D eigenvalue weighted by atomic mass is 31.2. The van der Waals surface area contributed by atoms with Crippen LogP contribution in [0, 0.1) is 13.8 Å². The molecule has 1 saturated heterocycles. The SMILES string of the molecule is Cc1ccc(OP(=O)(OC[C@@]2(C(F)F)O[C@@H](n3cnc4c(=O)[nH]c(N)nc43)[C@H](F)[C@@H]2O)Oc2ccc(C)cc2)cc1. The van der Waals surface area contributed by atoms with Gasteiger partial charge in [-0.25, -0.2) is 22.7 Å². The minimum Gasteiger partial charge on any atom is -0.395 e. The summed E-state index contributed by atoms with van der Waals surface area (Å²) in [6, 6.07) is 12.5. The van der Waals surface area contributed by atoms with Crippen molar-refractivity contribution in [3.8, 4) is 11.5 Å². The minimum absolute atomic E-state index is 0.0324. The number of fused-ring (bicyclic) bond motifs is 1. The molecule has 4 aromatic rings. The molecule has 41 heavy (non-hydrogen) atoms. The van der Waals surface area contributed by atoms with Crippen LogP contribution in [0.1, 0.15) is 17.4 Å². The van der Waals surface area contributed by atoms with Crippen LogP contribution in [-0.4, -0.2) is 55.5 Å². The van der Waals surface area contributed by atoms with Crippen LogP contribution in [0.5, 0.6) is 11.5 Å². The largest absolute Gasteiger partial charge is 0.587 e. The summed E-state index contributed by atoms with van der Waals surface area (Å²) >= 11 is 0. The van der Waals surface area contributed by atoms with E-state index in [0.717, 1.165) is 22.0 Å². The third-order valence-electron chi connectivity index (χ3n) is 6.43. The van der Waals surface area contributed by atoms with Gasteiger partial charge in [0.25, 0.3) is 12.0 Å². The molecule has 4 N–H and O–H groups in total. The number of anilines is 1. The number of nitrogens with two attached hydrogens (primary N) is 1. The van der Waals surface area contributed by atoms with E-state index in [9.17, 15) is 23.2 Å². The molecule has 12 nitrogen and oxygen atoms in total. The highest BCUT2D eigenvalue weighted by molar-refractivity contribution is 7.49. The molecular formula is C25H25F3N5O7P. The lowest BCUT2D eigenvalue weighted by Gasteiger charge is -2.31. The molecule has 218 valence electrons. The molecule has 0 aliphatic carbocycles. The van der Waals surface area contributed by atoms with E-state index in [1.165, 1.54) is 24.3 Å². The Balaban J connectivity index is 1.46. The second-order valence-corrected chi connectivity index (χ2v) is 11.0. The number of benzene rings is 2. The van der Waals surface area contributed by atoms with Crippen LogP contribution in [-0.2, 0) is 13.8 Å². The Morgan fingerprint density at radius 3 is 2.22 bits per heavy atom. The van der Waals surface area contributed by atoms with Crippen molar-refractivity contribution in [2.75, 3.05) is 12.3 Å². The molecule has 0 saturated carbocycles. The van der Waals surface area contributed by atoms with Gasteiger partial charge in [-0.3, -0.25) is 18.9 Å².